The van der Waals surface area contributed by atoms with E-state index < -0.39 is 0 Å². The van der Waals surface area contributed by atoms with Crippen LogP contribution in [0.4, 0.5) is 10.2 Å². The molecule has 1 saturated heterocycles. The van der Waals surface area contributed by atoms with E-state index in [0.29, 0.717) is 24.1 Å². The molecule has 0 radical (unpaired) electrons. The average Bonchev–Trinajstić information content (AvgIpc) is 2.83. The van der Waals surface area contributed by atoms with E-state index in [4.69, 9.17) is 5.26 Å². The highest BCUT2D eigenvalue weighted by molar-refractivity contribution is 5.40. The average molecular weight is 248 g/mol. The largest absolute Gasteiger partial charge is 0.354 e. The Morgan fingerprint density at radius 1 is 1.44 bits per heavy atom. The van der Waals surface area contributed by atoms with Crippen LogP contribution in [0.15, 0.2) is 12.1 Å². The Balaban J connectivity index is 2.13. The molecule has 0 amide bonds. The van der Waals surface area contributed by atoms with Crippen molar-refractivity contribution in [2.45, 2.75) is 13.8 Å². The number of hydrogen-bond acceptors (Lipinski definition) is 4. The van der Waals surface area contributed by atoms with Gasteiger partial charge >= 0.3 is 0 Å². The SMILES string of the molecule is CC(C)C1CN(c2ccc(C#N)nn2)C[C@@H]1CF. The molecular formula is C13H17FN4. The zero-order chi connectivity index (χ0) is 13.1. The van der Waals surface area contributed by atoms with Crippen molar-refractivity contribution >= 4 is 5.82 Å². The summed E-state index contributed by atoms with van der Waals surface area (Å²) < 4.78 is 13.0. The van der Waals surface area contributed by atoms with Gasteiger partial charge in [0.1, 0.15) is 6.07 Å². The Morgan fingerprint density at radius 2 is 2.22 bits per heavy atom. The molecule has 18 heavy (non-hydrogen) atoms. The van der Waals surface area contributed by atoms with E-state index in [1.165, 1.54) is 0 Å². The maximum Gasteiger partial charge on any atom is 0.163 e. The third kappa shape index (κ3) is 2.42. The van der Waals surface area contributed by atoms with Gasteiger partial charge in [0.15, 0.2) is 11.5 Å². The summed E-state index contributed by atoms with van der Waals surface area (Å²) >= 11 is 0. The van der Waals surface area contributed by atoms with Gasteiger partial charge < -0.3 is 4.90 Å². The lowest BCUT2D eigenvalue weighted by Crippen LogP contribution is -2.22. The van der Waals surface area contributed by atoms with Gasteiger partial charge in [-0.2, -0.15) is 5.26 Å². The number of aromatic nitrogens is 2. The second-order valence-corrected chi connectivity index (χ2v) is 5.12. The number of alkyl halides is 1. The van der Waals surface area contributed by atoms with Crippen molar-refractivity contribution < 1.29 is 4.39 Å². The monoisotopic (exact) mass is 248 g/mol. The van der Waals surface area contributed by atoms with E-state index in [0.717, 1.165) is 12.4 Å². The van der Waals surface area contributed by atoms with Crippen molar-refractivity contribution in [2.75, 3.05) is 24.7 Å². The summed E-state index contributed by atoms with van der Waals surface area (Å²) in [4.78, 5) is 2.06. The number of nitrogens with zero attached hydrogens (tertiary/aromatic N) is 4. The highest BCUT2D eigenvalue weighted by Gasteiger charge is 2.35. The predicted octanol–water partition coefficient (Wildman–Crippen LogP) is 2.03. The molecule has 1 aromatic heterocycles. The first-order valence-electron chi connectivity index (χ1n) is 6.20. The van der Waals surface area contributed by atoms with Crippen LogP contribution < -0.4 is 4.90 Å². The highest BCUT2D eigenvalue weighted by atomic mass is 19.1. The lowest BCUT2D eigenvalue weighted by Gasteiger charge is -2.19. The smallest absolute Gasteiger partial charge is 0.163 e. The number of halogens is 1. The Kier molecular flexibility index (Phi) is 3.75. The fourth-order valence-electron chi connectivity index (χ4n) is 2.56. The number of hydrogen-bond donors (Lipinski definition) is 0. The lowest BCUT2D eigenvalue weighted by molar-refractivity contribution is 0.261. The minimum atomic E-state index is -0.289. The summed E-state index contributed by atoms with van der Waals surface area (Å²) in [5.74, 6) is 1.62. The van der Waals surface area contributed by atoms with Crippen molar-refractivity contribution in [1.29, 1.82) is 5.26 Å². The summed E-state index contributed by atoms with van der Waals surface area (Å²) in [5.41, 5.74) is 0.306. The van der Waals surface area contributed by atoms with E-state index in [1.54, 1.807) is 12.1 Å². The Hall–Kier alpha value is -1.70. The van der Waals surface area contributed by atoms with Gasteiger partial charge in [-0.15, -0.1) is 10.2 Å². The second-order valence-electron chi connectivity index (χ2n) is 5.12. The molecule has 96 valence electrons. The quantitative estimate of drug-likeness (QED) is 0.821. The zero-order valence-electron chi connectivity index (χ0n) is 10.7. The third-order valence-electron chi connectivity index (χ3n) is 3.64. The van der Waals surface area contributed by atoms with Crippen LogP contribution in [0.2, 0.25) is 0 Å². The van der Waals surface area contributed by atoms with Crippen LogP contribution in [-0.2, 0) is 0 Å². The summed E-state index contributed by atoms with van der Waals surface area (Å²) in [6.45, 7) is 5.46. The van der Waals surface area contributed by atoms with Gasteiger partial charge in [-0.25, -0.2) is 0 Å². The summed E-state index contributed by atoms with van der Waals surface area (Å²) in [5, 5.41) is 16.5. The molecule has 0 aromatic carbocycles. The maximum atomic E-state index is 13.0. The lowest BCUT2D eigenvalue weighted by atomic mass is 9.87. The molecule has 1 aliphatic heterocycles. The van der Waals surface area contributed by atoms with Crippen LogP contribution in [0.25, 0.3) is 0 Å². The van der Waals surface area contributed by atoms with Crippen molar-refractivity contribution in [1.82, 2.24) is 10.2 Å². The Labute approximate surface area is 106 Å². The standard InChI is InChI=1S/C13H17FN4/c1-9(2)12-8-18(7-10(12)5-14)13-4-3-11(6-15)16-17-13/h3-4,9-10,12H,5,7-8H2,1-2H3/t10-,12?/m0/s1. The molecule has 1 unspecified atom stereocenters. The molecular weight excluding hydrogens is 231 g/mol. The maximum absolute atomic E-state index is 13.0. The normalized spacial score (nSPS) is 23.4. The molecule has 4 nitrogen and oxygen atoms in total. The minimum absolute atomic E-state index is 0.0717. The van der Waals surface area contributed by atoms with Crippen LogP contribution in [0.5, 0.6) is 0 Å². The molecule has 1 aliphatic rings. The number of nitriles is 1. The van der Waals surface area contributed by atoms with E-state index in [9.17, 15) is 4.39 Å². The van der Waals surface area contributed by atoms with Crippen LogP contribution in [0.3, 0.4) is 0 Å². The molecule has 1 fully saturated rings. The van der Waals surface area contributed by atoms with Gasteiger partial charge in [0.25, 0.3) is 0 Å². The molecule has 1 aromatic rings. The third-order valence-corrected chi connectivity index (χ3v) is 3.64. The van der Waals surface area contributed by atoms with Gasteiger partial charge in [-0.1, -0.05) is 13.8 Å². The first-order chi connectivity index (χ1) is 8.65. The number of rotatable bonds is 3. The highest BCUT2D eigenvalue weighted by Crippen LogP contribution is 2.32. The van der Waals surface area contributed by atoms with Crippen LogP contribution in [0, 0.1) is 29.1 Å². The zero-order valence-corrected chi connectivity index (χ0v) is 10.7. The minimum Gasteiger partial charge on any atom is -0.354 e. The van der Waals surface area contributed by atoms with E-state index in [1.807, 2.05) is 6.07 Å². The second kappa shape index (κ2) is 5.30. The summed E-state index contributed by atoms with van der Waals surface area (Å²) in [6, 6.07) is 5.37. The molecule has 0 aliphatic carbocycles. The van der Waals surface area contributed by atoms with Crippen LogP contribution >= 0.6 is 0 Å². The summed E-state index contributed by atoms with van der Waals surface area (Å²) in [7, 11) is 0. The van der Waals surface area contributed by atoms with Crippen molar-refractivity contribution in [3.63, 3.8) is 0 Å². The molecule has 2 atom stereocenters. The van der Waals surface area contributed by atoms with Gasteiger partial charge in [-0.3, -0.25) is 4.39 Å². The molecule has 0 N–H and O–H groups in total. The Bertz CT molecular complexity index is 437. The number of anilines is 1. The molecule has 0 bridgehead atoms. The molecule has 0 saturated carbocycles. The van der Waals surface area contributed by atoms with E-state index in [-0.39, 0.29) is 12.6 Å². The fourth-order valence-corrected chi connectivity index (χ4v) is 2.56. The predicted molar refractivity (Wildman–Crippen MR) is 66.8 cm³/mol. The van der Waals surface area contributed by atoms with Gasteiger partial charge in [0, 0.05) is 19.0 Å². The first-order valence-corrected chi connectivity index (χ1v) is 6.20. The van der Waals surface area contributed by atoms with Crippen molar-refractivity contribution in [2.24, 2.45) is 17.8 Å². The fraction of sp³-hybridized carbons (Fsp3) is 0.615. The van der Waals surface area contributed by atoms with Crippen molar-refractivity contribution in [3.05, 3.63) is 17.8 Å². The Morgan fingerprint density at radius 3 is 2.67 bits per heavy atom. The van der Waals surface area contributed by atoms with E-state index in [2.05, 4.69) is 28.9 Å². The first kappa shape index (κ1) is 12.7. The van der Waals surface area contributed by atoms with Gasteiger partial charge in [-0.05, 0) is 24.0 Å². The van der Waals surface area contributed by atoms with Gasteiger partial charge in [0.05, 0.1) is 6.67 Å². The molecule has 2 heterocycles. The van der Waals surface area contributed by atoms with E-state index >= 15 is 0 Å². The molecule has 0 spiro atoms. The molecule has 5 heteroatoms. The van der Waals surface area contributed by atoms with Crippen LogP contribution in [-0.4, -0.2) is 30.0 Å². The van der Waals surface area contributed by atoms with Crippen LogP contribution in [0.1, 0.15) is 19.5 Å². The summed E-state index contributed by atoms with van der Waals surface area (Å²) in [6.07, 6.45) is 0. The van der Waals surface area contributed by atoms with Crippen molar-refractivity contribution in [3.8, 4) is 6.07 Å². The topological polar surface area (TPSA) is 52.8 Å². The molecule has 2 rings (SSSR count). The van der Waals surface area contributed by atoms with Gasteiger partial charge in [0.2, 0.25) is 0 Å².